The highest BCUT2D eigenvalue weighted by atomic mass is 19.4. The van der Waals surface area contributed by atoms with Crippen LogP contribution in [0.4, 0.5) is 19.1 Å². The van der Waals surface area contributed by atoms with Gasteiger partial charge < -0.3 is 9.15 Å². The molecule has 0 fully saturated rings. The number of anilines is 1. The third-order valence-electron chi connectivity index (χ3n) is 4.85. The van der Waals surface area contributed by atoms with Crippen LogP contribution in [-0.2, 0) is 10.9 Å². The van der Waals surface area contributed by atoms with Crippen LogP contribution in [0.3, 0.4) is 0 Å². The molecular formula is C24H18F3NO3. The molecule has 0 aliphatic carbocycles. The summed E-state index contributed by atoms with van der Waals surface area (Å²) in [6, 6.07) is 20.5. The summed E-state index contributed by atoms with van der Waals surface area (Å²) in [5, 5.41) is 0.680. The first kappa shape index (κ1) is 20.7. The van der Waals surface area contributed by atoms with Crippen molar-refractivity contribution in [3.63, 3.8) is 0 Å². The number of carbonyl (C=O) groups is 1. The Morgan fingerprint density at radius 3 is 2.23 bits per heavy atom. The van der Waals surface area contributed by atoms with Gasteiger partial charge in [-0.2, -0.15) is 13.2 Å². The highest BCUT2D eigenvalue weighted by molar-refractivity contribution is 6.10. The Hall–Kier alpha value is -3.58. The smallest absolute Gasteiger partial charge is 0.416 e. The van der Waals surface area contributed by atoms with Crippen LogP contribution in [0.15, 0.2) is 83.3 Å². The summed E-state index contributed by atoms with van der Waals surface area (Å²) in [6.45, 7) is -0.0960. The average molecular weight is 425 g/mol. The van der Waals surface area contributed by atoms with Crippen LogP contribution in [0, 0.1) is 0 Å². The van der Waals surface area contributed by atoms with E-state index < -0.39 is 11.7 Å². The summed E-state index contributed by atoms with van der Waals surface area (Å²) in [5.41, 5.74) is 1.20. The Balaban J connectivity index is 1.88. The second kappa shape index (κ2) is 8.28. The number of methoxy groups -OCH3 is 1. The van der Waals surface area contributed by atoms with E-state index in [0.717, 1.165) is 12.1 Å². The summed E-state index contributed by atoms with van der Waals surface area (Å²) in [5.74, 6) is -0.147. The molecule has 0 saturated heterocycles. The third-order valence-corrected chi connectivity index (χ3v) is 4.85. The molecule has 4 rings (SSSR count). The minimum Gasteiger partial charge on any atom is -0.439 e. The molecule has 158 valence electrons. The first-order valence-electron chi connectivity index (χ1n) is 9.45. The Bertz CT molecular complexity index is 1200. The van der Waals surface area contributed by atoms with Crippen molar-refractivity contribution >= 4 is 22.8 Å². The van der Waals surface area contributed by atoms with Crippen molar-refractivity contribution in [2.24, 2.45) is 0 Å². The number of alkyl halides is 3. The van der Waals surface area contributed by atoms with E-state index in [-0.39, 0.29) is 18.5 Å². The Morgan fingerprint density at radius 2 is 1.58 bits per heavy atom. The summed E-state index contributed by atoms with van der Waals surface area (Å²) in [6.07, 6.45) is -4.44. The van der Waals surface area contributed by atoms with E-state index in [9.17, 15) is 18.0 Å². The SMILES string of the molecule is COCN(C(=O)c1ccccc1)c1oc2ccccc2c1-c1ccc(C(F)(F)F)cc1. The second-order valence-corrected chi connectivity index (χ2v) is 6.87. The zero-order chi connectivity index (χ0) is 22.0. The molecule has 0 atom stereocenters. The first-order valence-corrected chi connectivity index (χ1v) is 9.45. The van der Waals surface area contributed by atoms with E-state index in [0.29, 0.717) is 27.7 Å². The monoisotopic (exact) mass is 425 g/mol. The quantitative estimate of drug-likeness (QED) is 0.349. The first-order chi connectivity index (χ1) is 14.9. The molecule has 3 aromatic carbocycles. The van der Waals surface area contributed by atoms with E-state index in [1.165, 1.54) is 24.1 Å². The van der Waals surface area contributed by atoms with Crippen LogP contribution in [0.2, 0.25) is 0 Å². The Labute approximate surface area is 176 Å². The lowest BCUT2D eigenvalue weighted by Crippen LogP contribution is -2.32. The lowest BCUT2D eigenvalue weighted by Gasteiger charge is -2.21. The molecule has 4 aromatic rings. The average Bonchev–Trinajstić information content (AvgIpc) is 3.16. The molecule has 0 radical (unpaired) electrons. The van der Waals surface area contributed by atoms with Crippen LogP contribution in [-0.4, -0.2) is 19.7 Å². The second-order valence-electron chi connectivity index (χ2n) is 6.87. The van der Waals surface area contributed by atoms with Gasteiger partial charge in [0.05, 0.1) is 11.1 Å². The van der Waals surface area contributed by atoms with Crippen molar-refractivity contribution in [2.45, 2.75) is 6.18 Å². The molecule has 0 spiro atoms. The molecule has 4 nitrogen and oxygen atoms in total. The molecule has 0 aliphatic rings. The summed E-state index contributed by atoms with van der Waals surface area (Å²) >= 11 is 0. The summed E-state index contributed by atoms with van der Waals surface area (Å²) in [4.78, 5) is 14.6. The normalized spacial score (nSPS) is 11.6. The molecule has 0 N–H and O–H groups in total. The number of rotatable bonds is 5. The molecule has 0 unspecified atom stereocenters. The zero-order valence-corrected chi connectivity index (χ0v) is 16.5. The fourth-order valence-electron chi connectivity index (χ4n) is 3.40. The van der Waals surface area contributed by atoms with Gasteiger partial charge in [0, 0.05) is 18.1 Å². The summed E-state index contributed by atoms with van der Waals surface area (Å²) < 4.78 is 50.3. The van der Waals surface area contributed by atoms with Gasteiger partial charge in [-0.15, -0.1) is 0 Å². The highest BCUT2D eigenvalue weighted by Crippen LogP contribution is 2.42. The van der Waals surface area contributed by atoms with E-state index in [4.69, 9.17) is 9.15 Å². The fourth-order valence-corrected chi connectivity index (χ4v) is 3.40. The number of carbonyl (C=O) groups excluding carboxylic acids is 1. The van der Waals surface area contributed by atoms with Crippen LogP contribution < -0.4 is 4.90 Å². The third kappa shape index (κ3) is 4.04. The van der Waals surface area contributed by atoms with Crippen LogP contribution >= 0.6 is 0 Å². The number of halogens is 3. The van der Waals surface area contributed by atoms with Crippen molar-refractivity contribution < 1.29 is 27.1 Å². The maximum absolute atomic E-state index is 13.2. The van der Waals surface area contributed by atoms with Crippen LogP contribution in [0.1, 0.15) is 15.9 Å². The van der Waals surface area contributed by atoms with Gasteiger partial charge in [-0.1, -0.05) is 48.5 Å². The van der Waals surface area contributed by atoms with Crippen molar-refractivity contribution in [1.82, 2.24) is 0 Å². The van der Waals surface area contributed by atoms with Crippen molar-refractivity contribution in [2.75, 3.05) is 18.7 Å². The van der Waals surface area contributed by atoms with Gasteiger partial charge >= 0.3 is 6.18 Å². The van der Waals surface area contributed by atoms with Crippen LogP contribution in [0.25, 0.3) is 22.1 Å². The number of furan rings is 1. The molecule has 1 amide bonds. The number of hydrogen-bond donors (Lipinski definition) is 0. The largest absolute Gasteiger partial charge is 0.439 e. The Morgan fingerprint density at radius 1 is 0.935 bits per heavy atom. The number of nitrogens with zero attached hydrogens (tertiary/aromatic N) is 1. The van der Waals surface area contributed by atoms with E-state index >= 15 is 0 Å². The predicted molar refractivity (Wildman–Crippen MR) is 112 cm³/mol. The fraction of sp³-hybridized carbons (Fsp3) is 0.125. The van der Waals surface area contributed by atoms with E-state index in [1.54, 1.807) is 54.6 Å². The number of fused-ring (bicyclic) bond motifs is 1. The van der Waals surface area contributed by atoms with Gasteiger partial charge in [-0.3, -0.25) is 9.69 Å². The number of hydrogen-bond acceptors (Lipinski definition) is 3. The molecular weight excluding hydrogens is 407 g/mol. The van der Waals surface area contributed by atoms with Gasteiger partial charge in [-0.05, 0) is 35.9 Å². The molecule has 7 heteroatoms. The number of benzene rings is 3. The Kier molecular flexibility index (Phi) is 5.52. The number of amides is 1. The highest BCUT2D eigenvalue weighted by Gasteiger charge is 2.31. The molecule has 31 heavy (non-hydrogen) atoms. The molecule has 0 aliphatic heterocycles. The van der Waals surface area contributed by atoms with E-state index in [2.05, 4.69) is 0 Å². The van der Waals surface area contributed by atoms with Gasteiger partial charge in [0.1, 0.15) is 12.3 Å². The van der Waals surface area contributed by atoms with Crippen molar-refractivity contribution in [3.05, 3.63) is 90.0 Å². The lowest BCUT2D eigenvalue weighted by molar-refractivity contribution is -0.137. The lowest BCUT2D eigenvalue weighted by atomic mass is 10.0. The maximum Gasteiger partial charge on any atom is 0.416 e. The minimum atomic E-state index is -4.44. The van der Waals surface area contributed by atoms with Crippen LogP contribution in [0.5, 0.6) is 0 Å². The van der Waals surface area contributed by atoms with Crippen molar-refractivity contribution in [3.8, 4) is 11.1 Å². The van der Waals surface area contributed by atoms with Gasteiger partial charge in [-0.25, -0.2) is 0 Å². The topological polar surface area (TPSA) is 42.7 Å². The van der Waals surface area contributed by atoms with Gasteiger partial charge in [0.15, 0.2) is 0 Å². The predicted octanol–water partition coefficient (Wildman–Crippen LogP) is 6.37. The van der Waals surface area contributed by atoms with Gasteiger partial charge in [0.25, 0.3) is 5.91 Å². The standard InChI is InChI=1S/C24H18F3NO3/c1-30-15-28(22(29)17-7-3-2-4-8-17)23-21(19-9-5-6-10-20(19)31-23)16-11-13-18(14-12-16)24(25,26)27/h2-14H,15H2,1H3. The van der Waals surface area contributed by atoms with Crippen molar-refractivity contribution in [1.29, 1.82) is 0 Å². The van der Waals surface area contributed by atoms with Gasteiger partial charge in [0.2, 0.25) is 5.88 Å². The summed E-state index contributed by atoms with van der Waals surface area (Å²) in [7, 11) is 1.45. The zero-order valence-electron chi connectivity index (χ0n) is 16.5. The minimum absolute atomic E-state index is 0.0960. The maximum atomic E-state index is 13.2. The molecule has 1 heterocycles. The molecule has 0 bridgehead atoms. The molecule has 0 saturated carbocycles. The van der Waals surface area contributed by atoms with E-state index in [1.807, 2.05) is 0 Å². The molecule has 1 aromatic heterocycles. The number of ether oxygens (including phenoxy) is 1. The number of para-hydroxylation sites is 1.